The molecule has 152 valence electrons. The maximum Gasteiger partial charge on any atom is 0.342 e. The van der Waals surface area contributed by atoms with Gasteiger partial charge in [-0.05, 0) is 17.7 Å². The Balaban J connectivity index is 1.87. The molecule has 30 heavy (non-hydrogen) atoms. The molecule has 2 aliphatic heterocycles. The van der Waals surface area contributed by atoms with E-state index in [0.717, 1.165) is 16.9 Å². The number of imide groups is 1. The number of benzene rings is 2. The van der Waals surface area contributed by atoms with Crippen LogP contribution in [0.2, 0.25) is 0 Å². The number of carbonyl (C=O) groups is 4. The normalized spacial score (nSPS) is 20.9. The third-order valence-electron chi connectivity index (χ3n) is 5.04. The molecule has 1 saturated heterocycles. The fraction of sp³-hybridized carbons (Fsp3) is 0.143. The van der Waals surface area contributed by atoms with Gasteiger partial charge in [0.2, 0.25) is 5.66 Å². The lowest BCUT2D eigenvalue weighted by molar-refractivity contribution is -0.143. The second kappa shape index (κ2) is 7.03. The van der Waals surface area contributed by atoms with Crippen molar-refractivity contribution in [3.05, 3.63) is 77.6 Å². The number of nitrogens with one attached hydrogen (secondary N) is 1. The lowest BCUT2D eigenvalue weighted by Crippen LogP contribution is -2.61. The zero-order valence-corrected chi connectivity index (χ0v) is 15.9. The Morgan fingerprint density at radius 1 is 1.03 bits per heavy atom. The minimum Gasteiger partial charge on any atom is -0.503 e. The van der Waals surface area contributed by atoms with Gasteiger partial charge in [-0.25, -0.2) is 14.5 Å². The van der Waals surface area contributed by atoms with Crippen molar-refractivity contribution in [2.75, 3.05) is 12.0 Å². The van der Waals surface area contributed by atoms with E-state index < -0.39 is 40.8 Å². The van der Waals surface area contributed by atoms with Gasteiger partial charge >= 0.3 is 12.0 Å². The van der Waals surface area contributed by atoms with Crippen LogP contribution in [0.5, 0.6) is 0 Å². The minimum atomic E-state index is -2.23. The van der Waals surface area contributed by atoms with Gasteiger partial charge in [0, 0.05) is 6.54 Å². The molecule has 2 heterocycles. The van der Waals surface area contributed by atoms with Crippen molar-refractivity contribution in [1.82, 2.24) is 10.2 Å². The number of hydrogen-bond acceptors (Lipinski definition) is 6. The van der Waals surface area contributed by atoms with Crippen LogP contribution >= 0.6 is 0 Å². The SMILES string of the molecule is COC(=O)C1=C(O)C(=O)N(Cc2ccccc2)C12NC(=O)N(c1ccccc1)C2=O. The van der Waals surface area contributed by atoms with Gasteiger partial charge in [0.15, 0.2) is 5.76 Å². The van der Waals surface area contributed by atoms with E-state index >= 15 is 0 Å². The third-order valence-corrected chi connectivity index (χ3v) is 5.04. The number of methoxy groups -OCH3 is 1. The van der Waals surface area contributed by atoms with Gasteiger partial charge in [-0.3, -0.25) is 14.5 Å². The maximum absolute atomic E-state index is 13.6. The quantitative estimate of drug-likeness (QED) is 0.586. The number of ether oxygens (including phenoxy) is 1. The summed E-state index contributed by atoms with van der Waals surface area (Å²) in [5.41, 5.74) is -1.97. The molecule has 1 atom stereocenters. The lowest BCUT2D eigenvalue weighted by atomic mass is 9.99. The molecule has 0 saturated carbocycles. The van der Waals surface area contributed by atoms with Crippen LogP contribution in [0.4, 0.5) is 10.5 Å². The summed E-state index contributed by atoms with van der Waals surface area (Å²) in [5.74, 6) is -3.91. The van der Waals surface area contributed by atoms with Crippen LogP contribution in [-0.2, 0) is 25.7 Å². The number of aliphatic hydroxyl groups excluding tert-OH is 1. The summed E-state index contributed by atoms with van der Waals surface area (Å²) >= 11 is 0. The van der Waals surface area contributed by atoms with Crippen LogP contribution in [0.1, 0.15) is 5.56 Å². The Morgan fingerprint density at radius 3 is 2.23 bits per heavy atom. The van der Waals surface area contributed by atoms with Crippen LogP contribution in [-0.4, -0.2) is 46.6 Å². The molecule has 1 unspecified atom stereocenters. The van der Waals surface area contributed by atoms with Crippen LogP contribution in [0.25, 0.3) is 0 Å². The molecule has 9 nitrogen and oxygen atoms in total. The fourth-order valence-electron chi connectivity index (χ4n) is 3.68. The van der Waals surface area contributed by atoms with Crippen molar-refractivity contribution < 1.29 is 29.0 Å². The molecule has 1 spiro atoms. The summed E-state index contributed by atoms with van der Waals surface area (Å²) < 4.78 is 4.70. The van der Waals surface area contributed by atoms with E-state index in [9.17, 15) is 24.3 Å². The van der Waals surface area contributed by atoms with Crippen LogP contribution < -0.4 is 10.2 Å². The third kappa shape index (κ3) is 2.63. The van der Waals surface area contributed by atoms with E-state index in [-0.39, 0.29) is 12.2 Å². The molecule has 2 aromatic carbocycles. The van der Waals surface area contributed by atoms with E-state index in [1.807, 2.05) is 0 Å². The minimum absolute atomic E-state index is 0.140. The van der Waals surface area contributed by atoms with E-state index in [1.54, 1.807) is 48.5 Å². The predicted octanol–water partition coefficient (Wildman–Crippen LogP) is 1.47. The van der Waals surface area contributed by atoms with Gasteiger partial charge in [-0.2, -0.15) is 0 Å². The van der Waals surface area contributed by atoms with Crippen molar-refractivity contribution in [2.24, 2.45) is 0 Å². The number of amides is 4. The number of nitrogens with zero attached hydrogens (tertiary/aromatic N) is 2. The van der Waals surface area contributed by atoms with Crippen LogP contribution in [0.15, 0.2) is 72.0 Å². The predicted molar refractivity (Wildman–Crippen MR) is 104 cm³/mol. The van der Waals surface area contributed by atoms with Crippen molar-refractivity contribution in [3.8, 4) is 0 Å². The lowest BCUT2D eigenvalue weighted by Gasteiger charge is -2.33. The topological polar surface area (TPSA) is 116 Å². The van der Waals surface area contributed by atoms with Gasteiger partial charge in [-0.15, -0.1) is 0 Å². The van der Waals surface area contributed by atoms with Gasteiger partial charge in [0.05, 0.1) is 12.8 Å². The van der Waals surface area contributed by atoms with Gasteiger partial charge in [0.25, 0.3) is 11.8 Å². The first-order valence-corrected chi connectivity index (χ1v) is 9.01. The molecule has 9 heteroatoms. The largest absolute Gasteiger partial charge is 0.503 e. The maximum atomic E-state index is 13.6. The summed E-state index contributed by atoms with van der Waals surface area (Å²) in [4.78, 5) is 53.5. The molecular formula is C21H17N3O6. The fourth-order valence-corrected chi connectivity index (χ4v) is 3.68. The number of para-hydroxylation sites is 1. The monoisotopic (exact) mass is 407 g/mol. The molecular weight excluding hydrogens is 390 g/mol. The molecule has 4 amide bonds. The van der Waals surface area contributed by atoms with E-state index in [4.69, 9.17) is 4.74 Å². The first-order valence-electron chi connectivity index (χ1n) is 9.01. The Labute approximate surface area is 171 Å². The number of hydrogen-bond donors (Lipinski definition) is 2. The smallest absolute Gasteiger partial charge is 0.342 e. The summed E-state index contributed by atoms with van der Waals surface area (Å²) in [7, 11) is 1.05. The Hall–Kier alpha value is -4.14. The van der Waals surface area contributed by atoms with Gasteiger partial charge < -0.3 is 15.2 Å². The zero-order valence-electron chi connectivity index (χ0n) is 15.9. The van der Waals surface area contributed by atoms with Crippen molar-refractivity contribution in [2.45, 2.75) is 12.2 Å². The molecule has 2 N–H and O–H groups in total. The number of esters is 1. The summed E-state index contributed by atoms with van der Waals surface area (Å²) in [6.45, 7) is -0.140. The van der Waals surface area contributed by atoms with Crippen LogP contribution in [0, 0.1) is 0 Å². The molecule has 2 aliphatic rings. The molecule has 1 fully saturated rings. The molecule has 2 aromatic rings. The van der Waals surface area contributed by atoms with Crippen molar-refractivity contribution in [3.63, 3.8) is 0 Å². The molecule has 0 radical (unpaired) electrons. The van der Waals surface area contributed by atoms with Crippen LogP contribution in [0.3, 0.4) is 0 Å². The zero-order chi connectivity index (χ0) is 21.5. The van der Waals surface area contributed by atoms with Gasteiger partial charge in [-0.1, -0.05) is 48.5 Å². The highest BCUT2D eigenvalue weighted by atomic mass is 16.5. The number of urea groups is 1. The molecule has 0 bridgehead atoms. The molecule has 0 aliphatic carbocycles. The second-order valence-corrected chi connectivity index (χ2v) is 6.71. The standard InChI is InChI=1S/C21H17N3O6/c1-30-18(27)15-16(25)17(26)23(12-13-8-4-2-5-9-13)21(15)19(28)24(20(29)22-21)14-10-6-3-7-11-14/h2-11,25H,12H2,1H3,(H,22,29). The molecule has 0 aromatic heterocycles. The Bertz CT molecular complexity index is 1080. The average Bonchev–Trinajstić information content (AvgIpc) is 3.13. The van der Waals surface area contributed by atoms with E-state index in [1.165, 1.54) is 12.1 Å². The number of carbonyl (C=O) groups excluding carboxylic acids is 4. The second-order valence-electron chi connectivity index (χ2n) is 6.71. The first-order chi connectivity index (χ1) is 14.4. The van der Waals surface area contributed by atoms with E-state index in [2.05, 4.69) is 5.32 Å². The highest BCUT2D eigenvalue weighted by molar-refractivity contribution is 6.29. The average molecular weight is 407 g/mol. The number of aliphatic hydroxyl groups is 1. The first kappa shape index (κ1) is 19.2. The summed E-state index contributed by atoms with van der Waals surface area (Å²) in [5, 5.41) is 12.9. The highest BCUT2D eigenvalue weighted by Crippen LogP contribution is 2.40. The van der Waals surface area contributed by atoms with Gasteiger partial charge in [0.1, 0.15) is 5.57 Å². The van der Waals surface area contributed by atoms with Crippen molar-refractivity contribution in [1.29, 1.82) is 0 Å². The number of rotatable bonds is 4. The Morgan fingerprint density at radius 2 is 1.63 bits per heavy atom. The van der Waals surface area contributed by atoms with E-state index in [0.29, 0.717) is 5.56 Å². The summed E-state index contributed by atoms with van der Waals surface area (Å²) in [6.07, 6.45) is 0. The molecule has 4 rings (SSSR count). The number of anilines is 1. The Kier molecular flexibility index (Phi) is 4.50. The summed E-state index contributed by atoms with van der Waals surface area (Å²) in [6, 6.07) is 15.9. The van der Waals surface area contributed by atoms with Crippen molar-refractivity contribution >= 4 is 29.5 Å². The highest BCUT2D eigenvalue weighted by Gasteiger charge is 2.67.